The summed E-state index contributed by atoms with van der Waals surface area (Å²) in [6.45, 7) is 6.73. The quantitative estimate of drug-likeness (QED) is 0.689. The van der Waals surface area contributed by atoms with Gasteiger partial charge in [0.25, 0.3) is 0 Å². The van der Waals surface area contributed by atoms with Gasteiger partial charge in [-0.25, -0.2) is 4.98 Å². The molecule has 25 heavy (non-hydrogen) atoms. The van der Waals surface area contributed by atoms with E-state index in [2.05, 4.69) is 15.6 Å². The van der Waals surface area contributed by atoms with Crippen LogP contribution in [0.25, 0.3) is 10.2 Å². The van der Waals surface area contributed by atoms with Crippen molar-refractivity contribution in [2.75, 3.05) is 23.8 Å². The molecule has 0 bridgehead atoms. The second-order valence-corrected chi connectivity index (χ2v) is 6.78. The molecule has 0 aliphatic rings. The normalized spacial score (nSPS) is 10.7. The van der Waals surface area contributed by atoms with Crippen molar-refractivity contribution in [3.63, 3.8) is 0 Å². The summed E-state index contributed by atoms with van der Waals surface area (Å²) in [4.78, 5) is 16.7. The van der Waals surface area contributed by atoms with E-state index in [1.54, 1.807) is 0 Å². The molecule has 3 aromatic rings. The number of hydrogen-bond donors (Lipinski definition) is 2. The Balaban J connectivity index is 1.65. The molecule has 0 atom stereocenters. The van der Waals surface area contributed by atoms with E-state index in [9.17, 15) is 4.79 Å². The number of fused-ring (bicyclic) bond motifs is 1. The molecule has 130 valence electrons. The highest BCUT2D eigenvalue weighted by Gasteiger charge is 2.09. The molecule has 0 aliphatic carbocycles. The van der Waals surface area contributed by atoms with Crippen molar-refractivity contribution in [2.24, 2.45) is 0 Å². The van der Waals surface area contributed by atoms with Gasteiger partial charge in [-0.2, -0.15) is 0 Å². The third kappa shape index (κ3) is 4.09. The number of carbonyl (C=O) groups is 1. The summed E-state index contributed by atoms with van der Waals surface area (Å²) < 4.78 is 6.54. The molecule has 2 N–H and O–H groups in total. The maximum atomic E-state index is 12.2. The summed E-state index contributed by atoms with van der Waals surface area (Å²) in [6, 6.07) is 11.8. The second kappa shape index (κ2) is 7.53. The molecule has 0 saturated heterocycles. The summed E-state index contributed by atoms with van der Waals surface area (Å²) in [5.74, 6) is 0.740. The van der Waals surface area contributed by atoms with E-state index in [0.717, 1.165) is 37.9 Å². The highest BCUT2D eigenvalue weighted by Crippen LogP contribution is 2.29. The zero-order valence-corrected chi connectivity index (χ0v) is 15.4. The SMILES string of the molecule is CCOc1ccc2nc(NCC(=O)Nc3c(C)cccc3C)sc2c1. The van der Waals surface area contributed by atoms with Gasteiger partial charge in [-0.1, -0.05) is 29.5 Å². The van der Waals surface area contributed by atoms with E-state index in [-0.39, 0.29) is 12.5 Å². The van der Waals surface area contributed by atoms with Crippen molar-refractivity contribution in [1.29, 1.82) is 0 Å². The van der Waals surface area contributed by atoms with Crippen LogP contribution in [-0.4, -0.2) is 24.0 Å². The lowest BCUT2D eigenvalue weighted by molar-refractivity contribution is -0.114. The first kappa shape index (κ1) is 17.2. The van der Waals surface area contributed by atoms with Crippen LogP contribution in [0.3, 0.4) is 0 Å². The number of hydrogen-bond acceptors (Lipinski definition) is 5. The molecule has 1 heterocycles. The minimum Gasteiger partial charge on any atom is -0.494 e. The van der Waals surface area contributed by atoms with Crippen molar-refractivity contribution in [3.05, 3.63) is 47.5 Å². The standard InChI is InChI=1S/C19H21N3O2S/c1-4-24-14-8-9-15-16(10-14)25-19(21-15)20-11-17(23)22-18-12(2)6-5-7-13(18)3/h5-10H,4,11H2,1-3H3,(H,20,21)(H,22,23). The Hall–Kier alpha value is -2.60. The van der Waals surface area contributed by atoms with Gasteiger partial charge in [0, 0.05) is 5.69 Å². The number of carbonyl (C=O) groups excluding carboxylic acids is 1. The molecule has 3 rings (SSSR count). The number of amides is 1. The van der Waals surface area contributed by atoms with Crippen LogP contribution in [0.15, 0.2) is 36.4 Å². The molecular formula is C19H21N3O2S. The molecule has 0 unspecified atom stereocenters. The molecule has 0 saturated carbocycles. The molecule has 2 aromatic carbocycles. The van der Waals surface area contributed by atoms with Crippen LogP contribution in [-0.2, 0) is 4.79 Å². The van der Waals surface area contributed by atoms with Gasteiger partial charge in [-0.05, 0) is 50.1 Å². The number of nitrogens with zero attached hydrogens (tertiary/aromatic N) is 1. The fraction of sp³-hybridized carbons (Fsp3) is 0.263. The minimum absolute atomic E-state index is 0.0911. The van der Waals surface area contributed by atoms with Gasteiger partial charge in [-0.15, -0.1) is 0 Å². The molecule has 0 radical (unpaired) electrons. The summed E-state index contributed by atoms with van der Waals surface area (Å²) in [7, 11) is 0. The third-order valence-electron chi connectivity index (χ3n) is 3.82. The molecule has 0 spiro atoms. The molecule has 5 nitrogen and oxygen atoms in total. The van der Waals surface area contributed by atoms with Crippen LogP contribution in [0.2, 0.25) is 0 Å². The fourth-order valence-corrected chi connectivity index (χ4v) is 3.48. The predicted molar refractivity (Wildman–Crippen MR) is 104 cm³/mol. The van der Waals surface area contributed by atoms with Crippen LogP contribution >= 0.6 is 11.3 Å². The van der Waals surface area contributed by atoms with E-state index < -0.39 is 0 Å². The average Bonchev–Trinajstić information content (AvgIpc) is 2.99. The summed E-state index contributed by atoms with van der Waals surface area (Å²) in [6.07, 6.45) is 0. The number of aromatic nitrogens is 1. The van der Waals surface area contributed by atoms with E-state index >= 15 is 0 Å². The number of aryl methyl sites for hydroxylation is 2. The summed E-state index contributed by atoms with van der Waals surface area (Å²) in [5, 5.41) is 6.79. The van der Waals surface area contributed by atoms with E-state index in [4.69, 9.17) is 4.74 Å². The lowest BCUT2D eigenvalue weighted by atomic mass is 10.1. The number of ether oxygens (including phenoxy) is 1. The smallest absolute Gasteiger partial charge is 0.243 e. The number of anilines is 2. The summed E-state index contributed by atoms with van der Waals surface area (Å²) in [5.41, 5.74) is 3.87. The van der Waals surface area contributed by atoms with Crippen molar-refractivity contribution in [1.82, 2.24) is 4.98 Å². The maximum absolute atomic E-state index is 12.2. The zero-order valence-electron chi connectivity index (χ0n) is 14.6. The Labute approximate surface area is 151 Å². The van der Waals surface area contributed by atoms with Crippen molar-refractivity contribution < 1.29 is 9.53 Å². The van der Waals surface area contributed by atoms with Gasteiger partial charge in [-0.3, -0.25) is 4.79 Å². The number of thiazole rings is 1. The van der Waals surface area contributed by atoms with Crippen molar-refractivity contribution in [3.8, 4) is 5.75 Å². The monoisotopic (exact) mass is 355 g/mol. The first-order valence-electron chi connectivity index (χ1n) is 8.20. The lowest BCUT2D eigenvalue weighted by Crippen LogP contribution is -2.22. The molecule has 0 fully saturated rings. The highest BCUT2D eigenvalue weighted by atomic mass is 32.1. The Morgan fingerprint density at radius 1 is 1.20 bits per heavy atom. The molecule has 1 aromatic heterocycles. The minimum atomic E-state index is -0.0911. The van der Waals surface area contributed by atoms with Gasteiger partial charge in [0.1, 0.15) is 5.75 Å². The van der Waals surface area contributed by atoms with Crippen molar-refractivity contribution >= 4 is 38.3 Å². The molecule has 0 aliphatic heterocycles. The second-order valence-electron chi connectivity index (χ2n) is 5.75. The van der Waals surface area contributed by atoms with Gasteiger partial charge in [0.05, 0.1) is 23.4 Å². The van der Waals surface area contributed by atoms with Gasteiger partial charge < -0.3 is 15.4 Å². The predicted octanol–water partition coefficient (Wildman–Crippen LogP) is 4.36. The molecular weight excluding hydrogens is 334 g/mol. The van der Waals surface area contributed by atoms with Crippen molar-refractivity contribution in [2.45, 2.75) is 20.8 Å². The average molecular weight is 355 g/mol. The Morgan fingerprint density at radius 3 is 2.68 bits per heavy atom. The Kier molecular flexibility index (Phi) is 5.19. The maximum Gasteiger partial charge on any atom is 0.243 e. The molecule has 6 heteroatoms. The Bertz CT molecular complexity index is 885. The Morgan fingerprint density at radius 2 is 1.96 bits per heavy atom. The number of para-hydroxylation sites is 1. The number of benzene rings is 2. The van der Waals surface area contributed by atoms with Gasteiger partial charge >= 0.3 is 0 Å². The fourth-order valence-electron chi connectivity index (χ4n) is 2.59. The van der Waals surface area contributed by atoms with Gasteiger partial charge in [0.15, 0.2) is 5.13 Å². The van der Waals surface area contributed by atoms with Crippen LogP contribution in [0.4, 0.5) is 10.8 Å². The van der Waals surface area contributed by atoms with Gasteiger partial charge in [0.2, 0.25) is 5.91 Å². The van der Waals surface area contributed by atoms with E-state index in [1.807, 2.05) is 57.2 Å². The number of nitrogens with one attached hydrogen (secondary N) is 2. The first-order chi connectivity index (χ1) is 12.1. The highest BCUT2D eigenvalue weighted by molar-refractivity contribution is 7.22. The third-order valence-corrected chi connectivity index (χ3v) is 4.79. The number of rotatable bonds is 6. The van der Waals surface area contributed by atoms with Crippen LogP contribution in [0.1, 0.15) is 18.1 Å². The first-order valence-corrected chi connectivity index (χ1v) is 9.02. The summed E-state index contributed by atoms with van der Waals surface area (Å²) >= 11 is 1.51. The molecule has 1 amide bonds. The topological polar surface area (TPSA) is 63.2 Å². The largest absolute Gasteiger partial charge is 0.494 e. The van der Waals surface area contributed by atoms with E-state index in [0.29, 0.717) is 6.61 Å². The van der Waals surface area contributed by atoms with Crippen LogP contribution < -0.4 is 15.4 Å². The van der Waals surface area contributed by atoms with Crippen LogP contribution in [0, 0.1) is 13.8 Å². The zero-order chi connectivity index (χ0) is 17.8. The lowest BCUT2D eigenvalue weighted by Gasteiger charge is -2.11. The van der Waals surface area contributed by atoms with E-state index in [1.165, 1.54) is 11.3 Å². The van der Waals surface area contributed by atoms with Crippen LogP contribution in [0.5, 0.6) is 5.75 Å².